The molecule has 118 valence electrons. The van der Waals surface area contributed by atoms with Gasteiger partial charge in [-0.15, -0.1) is 17.0 Å². The topological polar surface area (TPSA) is 75.9 Å². The Labute approximate surface area is 149 Å². The number of aliphatic hydroxyl groups excluding tert-OH is 1. The third-order valence-electron chi connectivity index (χ3n) is 3.10. The molecule has 2 heterocycles. The van der Waals surface area contributed by atoms with Crippen LogP contribution < -0.4 is 27.3 Å². The van der Waals surface area contributed by atoms with Gasteiger partial charge >= 0.3 is 0 Å². The van der Waals surface area contributed by atoms with E-state index in [1.807, 2.05) is 12.4 Å². The molecular formula is C13H20Br2N4OS. The van der Waals surface area contributed by atoms with Crippen LogP contribution in [0.15, 0.2) is 11.7 Å². The molecule has 0 unspecified atom stereocenters. The minimum Gasteiger partial charge on any atom is -1.00 e. The first-order chi connectivity index (χ1) is 9.15. The highest BCUT2D eigenvalue weighted by atomic mass is 79.9. The molecule has 0 amide bonds. The average molecular weight is 440 g/mol. The number of rotatable bonds is 5. The van der Waals surface area contributed by atoms with E-state index in [1.54, 1.807) is 17.5 Å². The van der Waals surface area contributed by atoms with Gasteiger partial charge in [0, 0.05) is 32.6 Å². The number of aliphatic hydroxyl groups is 1. The van der Waals surface area contributed by atoms with E-state index in [0.29, 0.717) is 18.8 Å². The number of nitrogens with zero attached hydrogens (tertiary/aromatic N) is 3. The lowest BCUT2D eigenvalue weighted by atomic mass is 10.2. The predicted octanol–water partition coefficient (Wildman–Crippen LogP) is -1.56. The molecule has 0 aromatic carbocycles. The molecule has 3 N–H and O–H groups in total. The van der Waals surface area contributed by atoms with Crippen molar-refractivity contribution >= 4 is 34.1 Å². The number of hydrogen-bond donors (Lipinski definition) is 2. The van der Waals surface area contributed by atoms with Crippen molar-refractivity contribution in [3.05, 3.63) is 33.7 Å². The highest BCUT2D eigenvalue weighted by Crippen LogP contribution is 2.13. The fourth-order valence-corrected chi connectivity index (χ4v) is 2.87. The Morgan fingerprint density at radius 2 is 2.14 bits per heavy atom. The maximum Gasteiger partial charge on any atom is 0.225 e. The van der Waals surface area contributed by atoms with E-state index < -0.39 is 0 Å². The van der Waals surface area contributed by atoms with Crippen LogP contribution in [0.2, 0.25) is 0 Å². The molecule has 0 fully saturated rings. The van der Waals surface area contributed by atoms with Crippen molar-refractivity contribution in [2.24, 2.45) is 0 Å². The van der Waals surface area contributed by atoms with Crippen LogP contribution in [0.5, 0.6) is 0 Å². The van der Waals surface area contributed by atoms with E-state index in [4.69, 9.17) is 10.8 Å². The molecule has 0 bridgehead atoms. The third kappa shape index (κ3) is 4.98. The minimum atomic E-state index is 0. The summed E-state index contributed by atoms with van der Waals surface area (Å²) in [4.78, 5) is 9.76. The Morgan fingerprint density at radius 1 is 1.43 bits per heavy atom. The second-order valence-corrected chi connectivity index (χ2v) is 5.32. The largest absolute Gasteiger partial charge is 1.00 e. The lowest BCUT2D eigenvalue weighted by Gasteiger charge is -2.03. The highest BCUT2D eigenvalue weighted by Gasteiger charge is 2.17. The number of nitrogen functional groups attached to an aromatic ring is 1. The number of thiazole rings is 1. The maximum atomic E-state index is 9.00. The normalized spacial score (nSPS) is 9.86. The van der Waals surface area contributed by atoms with Gasteiger partial charge in [-0.05, 0) is 0 Å². The smallest absolute Gasteiger partial charge is 0.225 e. The monoisotopic (exact) mass is 438 g/mol. The number of hydrogen-bond acceptors (Lipinski definition) is 5. The van der Waals surface area contributed by atoms with Gasteiger partial charge in [-0.1, -0.05) is 18.3 Å². The van der Waals surface area contributed by atoms with Crippen molar-refractivity contribution < 1.29 is 26.7 Å². The first-order valence-corrected chi connectivity index (χ1v) is 7.21. The van der Waals surface area contributed by atoms with Crippen LogP contribution in [0.3, 0.4) is 0 Å². The van der Waals surface area contributed by atoms with Crippen molar-refractivity contribution in [3.8, 4) is 0 Å². The molecule has 5 nitrogen and oxygen atoms in total. The van der Waals surface area contributed by atoms with Gasteiger partial charge in [-0.3, -0.25) is 0 Å². The summed E-state index contributed by atoms with van der Waals surface area (Å²) in [7, 11) is 0. The summed E-state index contributed by atoms with van der Waals surface area (Å²) in [6, 6.07) is 0. The first-order valence-electron chi connectivity index (χ1n) is 6.33. The Morgan fingerprint density at radius 3 is 2.71 bits per heavy atom. The van der Waals surface area contributed by atoms with Gasteiger partial charge < -0.3 is 27.8 Å². The molecule has 21 heavy (non-hydrogen) atoms. The zero-order valence-corrected chi connectivity index (χ0v) is 16.2. The number of halogens is 2. The average Bonchev–Trinajstić information content (AvgIpc) is 2.74. The first kappa shape index (κ1) is 20.4. The van der Waals surface area contributed by atoms with Crippen LogP contribution in [-0.2, 0) is 19.4 Å². The van der Waals surface area contributed by atoms with Crippen molar-refractivity contribution in [2.75, 3.05) is 12.3 Å². The van der Waals surface area contributed by atoms with Crippen molar-refractivity contribution in [2.45, 2.75) is 33.2 Å². The quantitative estimate of drug-likeness (QED) is 0.552. The lowest BCUT2D eigenvalue weighted by molar-refractivity contribution is -0.689. The van der Waals surface area contributed by atoms with Crippen LogP contribution in [-0.4, -0.2) is 21.7 Å². The summed E-state index contributed by atoms with van der Waals surface area (Å²) in [6.45, 7) is 4.91. The fourth-order valence-electron chi connectivity index (χ4n) is 1.88. The summed E-state index contributed by atoms with van der Waals surface area (Å²) >= 11 is 1.65. The van der Waals surface area contributed by atoms with E-state index >= 15 is 0 Å². The number of nitrogens with two attached hydrogens (primary N) is 1. The predicted molar refractivity (Wildman–Crippen MR) is 85.3 cm³/mol. The van der Waals surface area contributed by atoms with Gasteiger partial charge in [-0.25, -0.2) is 9.97 Å². The molecule has 2 aromatic rings. The molecule has 0 saturated carbocycles. The van der Waals surface area contributed by atoms with Gasteiger partial charge in [0.1, 0.15) is 11.6 Å². The van der Waals surface area contributed by atoms with Gasteiger partial charge in [0.05, 0.1) is 10.4 Å². The number of aryl methyl sites for hydroxylation is 1. The van der Waals surface area contributed by atoms with Crippen LogP contribution in [0.1, 0.15) is 28.9 Å². The van der Waals surface area contributed by atoms with E-state index in [1.165, 1.54) is 4.88 Å². The molecule has 8 heteroatoms. The van der Waals surface area contributed by atoms with E-state index in [2.05, 4.69) is 21.5 Å². The highest BCUT2D eigenvalue weighted by molar-refractivity contribution is 8.93. The van der Waals surface area contributed by atoms with Crippen LogP contribution in [0.25, 0.3) is 0 Å². The van der Waals surface area contributed by atoms with Gasteiger partial charge in [0.25, 0.3) is 0 Å². The van der Waals surface area contributed by atoms with Crippen LogP contribution in [0, 0.1) is 6.92 Å². The molecule has 0 aliphatic rings. The van der Waals surface area contributed by atoms with Gasteiger partial charge in [0.2, 0.25) is 5.51 Å². The lowest BCUT2D eigenvalue weighted by Crippen LogP contribution is -3.00. The van der Waals surface area contributed by atoms with Crippen LogP contribution >= 0.6 is 28.3 Å². The Kier molecular flexibility index (Phi) is 9.19. The van der Waals surface area contributed by atoms with Crippen molar-refractivity contribution in [3.63, 3.8) is 0 Å². The molecular weight excluding hydrogens is 420 g/mol. The summed E-state index contributed by atoms with van der Waals surface area (Å²) in [5.74, 6) is 1.32. The molecule has 0 spiro atoms. The summed E-state index contributed by atoms with van der Waals surface area (Å²) in [5.41, 5.74) is 10.1. The minimum absolute atomic E-state index is 0. The van der Waals surface area contributed by atoms with Crippen LogP contribution in [0.4, 0.5) is 5.82 Å². The van der Waals surface area contributed by atoms with E-state index in [9.17, 15) is 0 Å². The zero-order valence-electron chi connectivity index (χ0n) is 12.0. The third-order valence-corrected chi connectivity index (χ3v) is 4.24. The Hall–Kier alpha value is -0.570. The SMILES string of the molecule is Br.CCc1ncc(C[n+]2csc(CCO)c2C)c(N)n1.[Br-]. The molecule has 2 rings (SSSR count). The molecule has 0 aliphatic heterocycles. The number of anilines is 1. The Bertz CT molecular complexity index is 577. The second-order valence-electron chi connectivity index (χ2n) is 4.38. The molecule has 0 radical (unpaired) electrons. The summed E-state index contributed by atoms with van der Waals surface area (Å²) < 4.78 is 2.12. The van der Waals surface area contributed by atoms with Gasteiger partial charge in [0.15, 0.2) is 12.2 Å². The van der Waals surface area contributed by atoms with E-state index in [-0.39, 0.29) is 40.6 Å². The Balaban J connectivity index is 0.00000200. The standard InChI is InChI=1S/C13H19N4OS.2BrH/c1-3-12-15-6-10(13(14)16-12)7-17-8-19-11(4-5-18)9(17)2;;/h6,8,18H,3-5,7H2,1-2H3,(H2,14,15,16);2*1H/q+1;;/p-1. The molecule has 0 saturated heterocycles. The summed E-state index contributed by atoms with van der Waals surface area (Å²) in [6.07, 6.45) is 3.29. The zero-order chi connectivity index (χ0) is 13.8. The van der Waals surface area contributed by atoms with Crippen molar-refractivity contribution in [1.82, 2.24) is 9.97 Å². The molecule has 0 atom stereocenters. The molecule has 2 aromatic heterocycles. The fraction of sp³-hybridized carbons (Fsp3) is 0.462. The van der Waals surface area contributed by atoms with Gasteiger partial charge in [-0.2, -0.15) is 4.57 Å². The summed E-state index contributed by atoms with van der Waals surface area (Å²) in [5, 5.41) is 9.00. The second kappa shape index (κ2) is 9.45. The molecule has 0 aliphatic carbocycles. The van der Waals surface area contributed by atoms with E-state index in [0.717, 1.165) is 23.5 Å². The number of aromatic nitrogens is 3. The maximum absolute atomic E-state index is 9.00. The van der Waals surface area contributed by atoms with Crippen molar-refractivity contribution in [1.29, 1.82) is 0 Å².